The van der Waals surface area contributed by atoms with Gasteiger partial charge in [-0.3, -0.25) is 9.36 Å². The molecule has 1 aliphatic rings. The monoisotopic (exact) mass is 499 g/mol. The Bertz CT molecular complexity index is 1360. The van der Waals surface area contributed by atoms with Crippen LogP contribution in [0.1, 0.15) is 11.8 Å². The second kappa shape index (κ2) is 9.79. The average molecular weight is 500 g/mol. The van der Waals surface area contributed by atoms with E-state index < -0.39 is 31.1 Å². The number of aliphatic hydroxyl groups is 3. The molecule has 1 amide bonds. The van der Waals surface area contributed by atoms with Crippen LogP contribution in [0, 0.1) is 0 Å². The molecular formula is C22H25N7O5S. The van der Waals surface area contributed by atoms with Gasteiger partial charge >= 0.3 is 0 Å². The third-order valence-corrected chi connectivity index (χ3v) is 6.92. The van der Waals surface area contributed by atoms with E-state index in [9.17, 15) is 20.1 Å². The Labute approximate surface area is 203 Å². The van der Waals surface area contributed by atoms with E-state index >= 15 is 0 Å². The van der Waals surface area contributed by atoms with Gasteiger partial charge in [-0.15, -0.1) is 0 Å². The van der Waals surface area contributed by atoms with Crippen molar-refractivity contribution in [2.45, 2.75) is 36.1 Å². The van der Waals surface area contributed by atoms with Crippen LogP contribution in [0.4, 0.5) is 5.82 Å². The number of nitrogens with zero attached hydrogens (tertiary/aromatic N) is 4. The summed E-state index contributed by atoms with van der Waals surface area (Å²) in [7, 11) is 0. The lowest BCUT2D eigenvalue weighted by Gasteiger charge is -2.19. The molecule has 1 fully saturated rings. The molecule has 12 nitrogen and oxygen atoms in total. The van der Waals surface area contributed by atoms with E-state index in [1.165, 1.54) is 10.9 Å². The summed E-state index contributed by atoms with van der Waals surface area (Å²) in [6.45, 7) is -0.00923. The van der Waals surface area contributed by atoms with Crippen LogP contribution in [-0.4, -0.2) is 82.9 Å². The van der Waals surface area contributed by atoms with Crippen LogP contribution in [0.3, 0.4) is 0 Å². The molecule has 5 rings (SSSR count). The number of aromatic amines is 1. The Kier molecular flexibility index (Phi) is 6.58. The molecule has 7 N–H and O–H groups in total. The molecule has 1 aromatic carbocycles. The number of para-hydroxylation sites is 1. The van der Waals surface area contributed by atoms with Gasteiger partial charge in [0.25, 0.3) is 0 Å². The third kappa shape index (κ3) is 4.44. The quantitative estimate of drug-likeness (QED) is 0.180. The Balaban J connectivity index is 1.28. The Hall–Kier alpha value is -3.23. The Morgan fingerprint density at radius 1 is 1.26 bits per heavy atom. The van der Waals surface area contributed by atoms with Gasteiger partial charge in [0.2, 0.25) is 5.91 Å². The lowest BCUT2D eigenvalue weighted by atomic mass is 10.1. The van der Waals surface area contributed by atoms with E-state index in [2.05, 4.69) is 25.3 Å². The number of amides is 1. The number of aliphatic hydroxyl groups excluding tert-OH is 3. The van der Waals surface area contributed by atoms with Gasteiger partial charge in [-0.1, -0.05) is 30.0 Å². The fourth-order valence-electron chi connectivity index (χ4n) is 4.19. The van der Waals surface area contributed by atoms with Gasteiger partial charge in [0.1, 0.15) is 24.6 Å². The molecule has 35 heavy (non-hydrogen) atoms. The minimum Gasteiger partial charge on any atom is -0.394 e. The van der Waals surface area contributed by atoms with Crippen molar-refractivity contribution in [2.24, 2.45) is 0 Å². The Morgan fingerprint density at radius 2 is 2.09 bits per heavy atom. The van der Waals surface area contributed by atoms with Gasteiger partial charge in [0.15, 0.2) is 28.4 Å². The summed E-state index contributed by atoms with van der Waals surface area (Å²) in [5.41, 5.74) is 8.69. The zero-order valence-corrected chi connectivity index (χ0v) is 19.4. The number of aromatic nitrogens is 5. The van der Waals surface area contributed by atoms with Crippen LogP contribution < -0.4 is 11.1 Å². The average Bonchev–Trinajstić information content (AvgIpc) is 3.53. The number of hydrogen-bond donors (Lipinski definition) is 6. The van der Waals surface area contributed by atoms with Crippen LogP contribution in [0.5, 0.6) is 0 Å². The predicted molar refractivity (Wildman–Crippen MR) is 128 cm³/mol. The highest BCUT2D eigenvalue weighted by molar-refractivity contribution is 7.99. The number of ether oxygens (including phenoxy) is 1. The molecule has 0 radical (unpaired) electrons. The maximum atomic E-state index is 12.6. The van der Waals surface area contributed by atoms with Gasteiger partial charge in [-0.2, -0.15) is 0 Å². The zero-order valence-electron chi connectivity index (χ0n) is 18.5. The number of fused-ring (bicyclic) bond motifs is 2. The van der Waals surface area contributed by atoms with E-state index in [0.717, 1.165) is 28.2 Å². The number of anilines is 1. The van der Waals surface area contributed by atoms with Gasteiger partial charge in [-0.05, 0) is 18.1 Å². The lowest BCUT2D eigenvalue weighted by Crippen LogP contribution is -2.33. The van der Waals surface area contributed by atoms with Crippen molar-refractivity contribution in [3.05, 3.63) is 42.4 Å². The topological polar surface area (TPSA) is 184 Å². The van der Waals surface area contributed by atoms with Gasteiger partial charge in [-0.25, -0.2) is 15.0 Å². The molecule has 1 saturated heterocycles. The third-order valence-electron chi connectivity index (χ3n) is 5.97. The number of carbonyl (C=O) groups is 1. The molecule has 13 heteroatoms. The summed E-state index contributed by atoms with van der Waals surface area (Å²) in [5, 5.41) is 34.5. The highest BCUT2D eigenvalue weighted by Gasteiger charge is 2.45. The zero-order chi connectivity index (χ0) is 24.5. The first-order chi connectivity index (χ1) is 17.0. The van der Waals surface area contributed by atoms with Gasteiger partial charge < -0.3 is 36.1 Å². The number of rotatable bonds is 8. The number of nitrogens with two attached hydrogens (primary N) is 1. The highest BCUT2D eigenvalue weighted by Crippen LogP contribution is 2.36. The number of carbonyl (C=O) groups excluding carboxylic acids is 1. The van der Waals surface area contributed by atoms with Crippen molar-refractivity contribution < 1.29 is 24.9 Å². The first-order valence-electron chi connectivity index (χ1n) is 11.0. The number of benzene rings is 1. The minimum atomic E-state index is -1.34. The summed E-state index contributed by atoms with van der Waals surface area (Å²) in [5.74, 6) is -0.0292. The van der Waals surface area contributed by atoms with Crippen molar-refractivity contribution in [3.8, 4) is 0 Å². The van der Waals surface area contributed by atoms with E-state index in [1.54, 1.807) is 0 Å². The summed E-state index contributed by atoms with van der Waals surface area (Å²) in [4.78, 5) is 28.4. The molecular weight excluding hydrogens is 474 g/mol. The SMILES string of the molecule is Nc1ncnc2c1nc(SCC(=O)NCCc1c[nH]c3ccccc13)n2[C@@H]1O[C@H](CO)[C@@H](O)[C@H]1O. The number of hydrogen-bond acceptors (Lipinski definition) is 10. The fraction of sp³-hybridized carbons (Fsp3) is 0.364. The number of nitrogens with one attached hydrogen (secondary N) is 2. The van der Waals surface area contributed by atoms with E-state index in [-0.39, 0.29) is 28.6 Å². The summed E-state index contributed by atoms with van der Waals surface area (Å²) in [6.07, 6.45) is -0.819. The number of imidazole rings is 1. The molecule has 1 aliphatic heterocycles. The van der Waals surface area contributed by atoms with Crippen LogP contribution >= 0.6 is 11.8 Å². The van der Waals surface area contributed by atoms with Gasteiger partial charge in [0.05, 0.1) is 12.4 Å². The van der Waals surface area contributed by atoms with Crippen LogP contribution in [0.25, 0.3) is 22.1 Å². The molecule has 4 heterocycles. The van der Waals surface area contributed by atoms with Crippen LogP contribution in [0.2, 0.25) is 0 Å². The second-order valence-electron chi connectivity index (χ2n) is 8.17. The molecule has 0 saturated carbocycles. The normalized spacial score (nSPS) is 22.3. The summed E-state index contributed by atoms with van der Waals surface area (Å²) >= 11 is 1.11. The highest BCUT2D eigenvalue weighted by atomic mass is 32.2. The molecule has 0 unspecified atom stereocenters. The summed E-state index contributed by atoms with van der Waals surface area (Å²) < 4.78 is 7.14. The van der Waals surface area contributed by atoms with Crippen molar-refractivity contribution in [1.82, 2.24) is 29.8 Å². The number of thioether (sulfide) groups is 1. The van der Waals surface area contributed by atoms with E-state index in [1.807, 2.05) is 30.5 Å². The molecule has 184 valence electrons. The van der Waals surface area contributed by atoms with E-state index in [4.69, 9.17) is 10.5 Å². The fourth-order valence-corrected chi connectivity index (χ4v) is 5.03. The standard InChI is InChI=1S/C22H25N7O5S/c23-19-16-20(27-10-26-19)29(21-18(33)17(32)14(8-30)34-21)22(28-16)35-9-15(31)24-6-5-11-7-25-13-4-2-1-3-12(11)13/h1-4,7,10,14,17-18,21,25,30,32-33H,5-6,8-9H2,(H,24,31)(H2,23,26,27)/t14-,17-,18-,21-/m1/s1. The Morgan fingerprint density at radius 3 is 2.89 bits per heavy atom. The largest absolute Gasteiger partial charge is 0.394 e. The summed E-state index contributed by atoms with van der Waals surface area (Å²) in [6, 6.07) is 7.99. The van der Waals surface area contributed by atoms with Crippen LogP contribution in [-0.2, 0) is 16.0 Å². The van der Waals surface area contributed by atoms with Crippen LogP contribution in [0.15, 0.2) is 41.9 Å². The maximum absolute atomic E-state index is 12.6. The van der Waals surface area contributed by atoms with Crippen molar-refractivity contribution >= 4 is 45.6 Å². The first kappa shape index (κ1) is 23.5. The second-order valence-corrected chi connectivity index (χ2v) is 9.11. The number of H-pyrrole nitrogens is 1. The van der Waals surface area contributed by atoms with Crippen molar-refractivity contribution in [1.29, 1.82) is 0 Å². The molecule has 0 aliphatic carbocycles. The van der Waals surface area contributed by atoms with Gasteiger partial charge in [0, 0.05) is 23.6 Å². The van der Waals surface area contributed by atoms with Crippen molar-refractivity contribution in [3.63, 3.8) is 0 Å². The molecule has 0 spiro atoms. The molecule has 4 aromatic rings. The maximum Gasteiger partial charge on any atom is 0.230 e. The number of nitrogen functional groups attached to an aromatic ring is 1. The predicted octanol–water partition coefficient (Wildman–Crippen LogP) is -0.0477. The first-order valence-corrected chi connectivity index (χ1v) is 12.0. The van der Waals surface area contributed by atoms with Crippen molar-refractivity contribution in [2.75, 3.05) is 24.6 Å². The molecule has 3 aromatic heterocycles. The minimum absolute atomic E-state index is 0.0410. The molecule has 4 atom stereocenters. The lowest BCUT2D eigenvalue weighted by molar-refractivity contribution is -0.118. The smallest absolute Gasteiger partial charge is 0.230 e. The van der Waals surface area contributed by atoms with E-state index in [0.29, 0.717) is 18.1 Å². The molecule has 0 bridgehead atoms.